The highest BCUT2D eigenvalue weighted by Gasteiger charge is 2.17. The molecule has 0 spiro atoms. The van der Waals surface area contributed by atoms with Crippen LogP contribution >= 0.6 is 0 Å². The van der Waals surface area contributed by atoms with Crippen LogP contribution in [-0.2, 0) is 4.74 Å². The molecule has 0 heterocycles. The van der Waals surface area contributed by atoms with Crippen molar-refractivity contribution in [2.75, 3.05) is 27.4 Å². The molecule has 1 aromatic carbocycles. The number of aliphatic hydroxyl groups is 1. The van der Waals surface area contributed by atoms with Gasteiger partial charge in [-0.15, -0.1) is 0 Å². The zero-order valence-corrected chi connectivity index (χ0v) is 11.2. The Hall–Kier alpha value is -2.19. The second-order valence-electron chi connectivity index (χ2n) is 3.96. The maximum Gasteiger partial charge on any atom is 0.310 e. The number of benzene rings is 1. The van der Waals surface area contributed by atoms with E-state index in [4.69, 9.17) is 9.47 Å². The Balaban J connectivity index is 2.76. The summed E-state index contributed by atoms with van der Waals surface area (Å²) in [5.41, 5.74) is -0.0134. The lowest BCUT2D eigenvalue weighted by atomic mass is 10.1. The lowest BCUT2D eigenvalue weighted by Crippen LogP contribution is -2.34. The molecule has 0 aliphatic carbocycles. The molecule has 0 saturated carbocycles. The largest absolute Gasteiger partial charge is 0.490 e. The monoisotopic (exact) mass is 284 g/mol. The SMILES string of the molecule is COCC(O)CNC(=O)c1ccc([N+](=O)[O-])c(OC)c1. The van der Waals surface area contributed by atoms with Crippen molar-refractivity contribution in [3.05, 3.63) is 33.9 Å². The van der Waals surface area contributed by atoms with E-state index in [1.807, 2.05) is 0 Å². The van der Waals surface area contributed by atoms with E-state index in [-0.39, 0.29) is 30.2 Å². The van der Waals surface area contributed by atoms with Crippen LogP contribution in [0.25, 0.3) is 0 Å². The lowest BCUT2D eigenvalue weighted by Gasteiger charge is -2.11. The van der Waals surface area contributed by atoms with Crippen LogP contribution in [0, 0.1) is 10.1 Å². The third-order valence-electron chi connectivity index (χ3n) is 2.50. The summed E-state index contributed by atoms with van der Waals surface area (Å²) in [5, 5.41) is 22.6. The maximum absolute atomic E-state index is 11.8. The third-order valence-corrected chi connectivity index (χ3v) is 2.50. The molecule has 1 aromatic rings. The molecular formula is C12H16N2O6. The van der Waals surface area contributed by atoms with E-state index in [1.54, 1.807) is 0 Å². The standard InChI is InChI=1S/C12H16N2O6/c1-19-7-9(15)6-13-12(16)8-3-4-10(14(17)18)11(5-8)20-2/h3-5,9,15H,6-7H2,1-2H3,(H,13,16). The first-order valence-electron chi connectivity index (χ1n) is 5.77. The van der Waals surface area contributed by atoms with Crippen molar-refractivity contribution in [1.82, 2.24) is 5.32 Å². The van der Waals surface area contributed by atoms with E-state index in [2.05, 4.69) is 5.32 Å². The zero-order chi connectivity index (χ0) is 15.1. The van der Waals surface area contributed by atoms with Gasteiger partial charge in [0, 0.05) is 31.4 Å². The normalized spacial score (nSPS) is 11.8. The second kappa shape index (κ2) is 7.41. The Bertz CT molecular complexity index is 491. The summed E-state index contributed by atoms with van der Waals surface area (Å²) in [6, 6.07) is 3.79. The Morgan fingerprint density at radius 1 is 1.50 bits per heavy atom. The topological polar surface area (TPSA) is 111 Å². The highest BCUT2D eigenvalue weighted by molar-refractivity contribution is 5.95. The zero-order valence-electron chi connectivity index (χ0n) is 11.2. The van der Waals surface area contributed by atoms with Crippen molar-refractivity contribution in [2.24, 2.45) is 0 Å². The van der Waals surface area contributed by atoms with Gasteiger partial charge in [0.15, 0.2) is 5.75 Å². The van der Waals surface area contributed by atoms with Crippen LogP contribution in [0.4, 0.5) is 5.69 Å². The van der Waals surface area contributed by atoms with E-state index in [1.165, 1.54) is 32.4 Å². The van der Waals surface area contributed by atoms with Gasteiger partial charge in [-0.2, -0.15) is 0 Å². The van der Waals surface area contributed by atoms with Crippen LogP contribution in [0.3, 0.4) is 0 Å². The van der Waals surface area contributed by atoms with Gasteiger partial charge in [0.1, 0.15) is 0 Å². The number of nitrogens with one attached hydrogen (secondary N) is 1. The molecule has 1 rings (SSSR count). The van der Waals surface area contributed by atoms with Crippen LogP contribution in [0.1, 0.15) is 10.4 Å². The first-order valence-corrected chi connectivity index (χ1v) is 5.77. The predicted molar refractivity (Wildman–Crippen MR) is 69.9 cm³/mol. The van der Waals surface area contributed by atoms with Crippen molar-refractivity contribution in [2.45, 2.75) is 6.10 Å². The van der Waals surface area contributed by atoms with E-state index in [9.17, 15) is 20.0 Å². The molecule has 1 amide bonds. The summed E-state index contributed by atoms with van der Waals surface area (Å²) in [6.45, 7) is 0.121. The van der Waals surface area contributed by atoms with Gasteiger partial charge in [-0.3, -0.25) is 14.9 Å². The van der Waals surface area contributed by atoms with Crippen LogP contribution in [-0.4, -0.2) is 49.4 Å². The molecule has 0 radical (unpaired) electrons. The minimum atomic E-state index is -0.816. The Morgan fingerprint density at radius 3 is 2.75 bits per heavy atom. The van der Waals surface area contributed by atoms with Crippen molar-refractivity contribution < 1.29 is 24.3 Å². The highest BCUT2D eigenvalue weighted by atomic mass is 16.6. The van der Waals surface area contributed by atoms with Crippen molar-refractivity contribution in [3.8, 4) is 5.75 Å². The van der Waals surface area contributed by atoms with Crippen molar-refractivity contribution in [1.29, 1.82) is 0 Å². The number of methoxy groups -OCH3 is 2. The number of nitro groups is 1. The minimum absolute atomic E-state index is 0.0000833. The van der Waals surface area contributed by atoms with E-state index < -0.39 is 16.9 Å². The van der Waals surface area contributed by atoms with Crippen LogP contribution in [0.2, 0.25) is 0 Å². The molecule has 0 bridgehead atoms. The summed E-state index contributed by atoms with van der Waals surface area (Å²) in [7, 11) is 2.72. The third kappa shape index (κ3) is 4.18. The number of hydrogen-bond acceptors (Lipinski definition) is 6. The Morgan fingerprint density at radius 2 is 2.20 bits per heavy atom. The summed E-state index contributed by atoms with van der Waals surface area (Å²) in [5.74, 6) is -0.464. The maximum atomic E-state index is 11.8. The van der Waals surface area contributed by atoms with Crippen molar-refractivity contribution in [3.63, 3.8) is 0 Å². The lowest BCUT2D eigenvalue weighted by molar-refractivity contribution is -0.385. The fourth-order valence-electron chi connectivity index (χ4n) is 1.53. The first kappa shape index (κ1) is 15.9. The fourth-order valence-corrected chi connectivity index (χ4v) is 1.53. The molecule has 8 nitrogen and oxygen atoms in total. The molecule has 0 aromatic heterocycles. The molecule has 20 heavy (non-hydrogen) atoms. The number of hydrogen-bond donors (Lipinski definition) is 2. The number of amides is 1. The second-order valence-corrected chi connectivity index (χ2v) is 3.96. The minimum Gasteiger partial charge on any atom is -0.490 e. The Kier molecular flexibility index (Phi) is 5.88. The summed E-state index contributed by atoms with van der Waals surface area (Å²) in [6.07, 6.45) is -0.816. The molecule has 0 fully saturated rings. The molecule has 0 saturated heterocycles. The van der Waals surface area contributed by atoms with Gasteiger partial charge >= 0.3 is 5.69 Å². The van der Waals surface area contributed by atoms with Gasteiger partial charge in [-0.05, 0) is 6.07 Å². The van der Waals surface area contributed by atoms with Gasteiger partial charge in [-0.25, -0.2) is 0 Å². The molecule has 1 unspecified atom stereocenters. The molecule has 110 valence electrons. The smallest absolute Gasteiger partial charge is 0.310 e. The molecule has 2 N–H and O–H groups in total. The number of ether oxygens (including phenoxy) is 2. The number of carbonyl (C=O) groups is 1. The van der Waals surface area contributed by atoms with Crippen LogP contribution in [0.5, 0.6) is 5.75 Å². The van der Waals surface area contributed by atoms with Gasteiger partial charge < -0.3 is 19.9 Å². The van der Waals surface area contributed by atoms with Gasteiger partial charge in [-0.1, -0.05) is 0 Å². The number of aliphatic hydroxyl groups excluding tert-OH is 1. The summed E-state index contributed by atoms with van der Waals surface area (Å²) in [4.78, 5) is 21.9. The van der Waals surface area contributed by atoms with Gasteiger partial charge in [0.05, 0.1) is 24.7 Å². The van der Waals surface area contributed by atoms with Crippen LogP contribution < -0.4 is 10.1 Å². The molecule has 0 aliphatic rings. The molecular weight excluding hydrogens is 268 g/mol. The molecule has 0 aliphatic heterocycles. The van der Waals surface area contributed by atoms with E-state index in [0.29, 0.717) is 0 Å². The van der Waals surface area contributed by atoms with Gasteiger partial charge in [0.2, 0.25) is 0 Å². The summed E-state index contributed by atoms with van der Waals surface area (Å²) < 4.78 is 9.59. The Labute approximate surface area is 115 Å². The number of nitro benzene ring substituents is 1. The average molecular weight is 284 g/mol. The first-order chi connectivity index (χ1) is 9.49. The van der Waals surface area contributed by atoms with Crippen LogP contribution in [0.15, 0.2) is 18.2 Å². The molecule has 1 atom stereocenters. The van der Waals surface area contributed by atoms with Crippen molar-refractivity contribution >= 4 is 11.6 Å². The fraction of sp³-hybridized carbons (Fsp3) is 0.417. The molecule has 8 heteroatoms. The summed E-state index contributed by atoms with van der Waals surface area (Å²) >= 11 is 0. The van der Waals surface area contributed by atoms with E-state index >= 15 is 0 Å². The number of carbonyl (C=O) groups excluding carboxylic acids is 1. The quantitative estimate of drug-likeness (QED) is 0.551. The van der Waals surface area contributed by atoms with Gasteiger partial charge in [0.25, 0.3) is 5.91 Å². The highest BCUT2D eigenvalue weighted by Crippen LogP contribution is 2.27. The average Bonchev–Trinajstić information content (AvgIpc) is 2.44. The number of rotatable bonds is 7. The van der Waals surface area contributed by atoms with E-state index in [0.717, 1.165) is 0 Å². The number of nitrogens with zero attached hydrogens (tertiary/aromatic N) is 1. The predicted octanol–water partition coefficient (Wildman–Crippen LogP) is 0.340.